The van der Waals surface area contributed by atoms with Gasteiger partial charge in [0.05, 0.1) is 22.3 Å². The van der Waals surface area contributed by atoms with Crippen molar-refractivity contribution in [3.8, 4) is 23.0 Å². The van der Waals surface area contributed by atoms with Crippen LogP contribution in [-0.4, -0.2) is 23.9 Å². The Kier molecular flexibility index (Phi) is 10.9. The number of benzene rings is 7. The molecule has 0 saturated heterocycles. The van der Waals surface area contributed by atoms with Crippen LogP contribution < -0.4 is 18.9 Å². The molecule has 8 heteroatoms. The van der Waals surface area contributed by atoms with E-state index in [1.165, 1.54) is 0 Å². The van der Waals surface area contributed by atoms with E-state index in [1.807, 2.05) is 37.3 Å². The van der Waals surface area contributed by atoms with Gasteiger partial charge in [0, 0.05) is 5.41 Å². The van der Waals surface area contributed by atoms with E-state index < -0.39 is 29.3 Å². The SMILES string of the molecule is CC(c1ccccc1)(c1ccc(OC(=O)c2ccccc2)c(OC(=O)c2ccccc2)c1)c1ccc(OC(=O)c2ccccc2)c(OC(=O)c2ccccc2)c1. The number of ether oxygens (including phenoxy) is 4. The fourth-order valence-corrected chi connectivity index (χ4v) is 6.17. The van der Waals surface area contributed by atoms with Gasteiger partial charge in [0.1, 0.15) is 0 Å². The molecule has 0 saturated carbocycles. The van der Waals surface area contributed by atoms with Crippen LogP contribution in [0.2, 0.25) is 0 Å². The van der Waals surface area contributed by atoms with Gasteiger partial charge in [-0.2, -0.15) is 0 Å². The summed E-state index contributed by atoms with van der Waals surface area (Å²) < 4.78 is 23.6. The molecule has 7 rings (SSSR count). The molecule has 56 heavy (non-hydrogen) atoms. The number of hydrogen-bond acceptors (Lipinski definition) is 8. The van der Waals surface area contributed by atoms with Crippen LogP contribution in [0.5, 0.6) is 23.0 Å². The van der Waals surface area contributed by atoms with Gasteiger partial charge in [-0.05, 0) is 96.4 Å². The maximum atomic E-state index is 13.5. The molecule has 0 fully saturated rings. The molecule has 0 heterocycles. The van der Waals surface area contributed by atoms with Gasteiger partial charge >= 0.3 is 23.9 Å². The van der Waals surface area contributed by atoms with Gasteiger partial charge in [-0.1, -0.05) is 115 Å². The minimum Gasteiger partial charge on any atom is -0.419 e. The zero-order valence-electron chi connectivity index (χ0n) is 30.2. The third-order valence-electron chi connectivity index (χ3n) is 9.24. The van der Waals surface area contributed by atoms with Crippen LogP contribution in [0.4, 0.5) is 0 Å². The van der Waals surface area contributed by atoms with Gasteiger partial charge in [-0.25, -0.2) is 19.2 Å². The first-order valence-corrected chi connectivity index (χ1v) is 17.7. The third kappa shape index (κ3) is 8.15. The Balaban J connectivity index is 1.35. The lowest BCUT2D eigenvalue weighted by Crippen LogP contribution is -2.26. The highest BCUT2D eigenvalue weighted by atomic mass is 16.6. The molecular formula is C48H34O8. The average molecular weight is 739 g/mol. The predicted octanol–water partition coefficient (Wildman–Crippen LogP) is 9.92. The van der Waals surface area contributed by atoms with Crippen LogP contribution in [0.15, 0.2) is 188 Å². The van der Waals surface area contributed by atoms with Gasteiger partial charge < -0.3 is 18.9 Å². The highest BCUT2D eigenvalue weighted by molar-refractivity contribution is 5.94. The molecule has 0 spiro atoms. The molecular weight excluding hydrogens is 705 g/mol. The van der Waals surface area contributed by atoms with E-state index in [0.29, 0.717) is 33.4 Å². The summed E-state index contributed by atoms with van der Waals surface area (Å²) in [6.45, 7) is 1.96. The van der Waals surface area contributed by atoms with Gasteiger partial charge in [-0.15, -0.1) is 0 Å². The number of carbonyl (C=O) groups excluding carboxylic acids is 4. The van der Waals surface area contributed by atoms with E-state index in [2.05, 4.69) is 0 Å². The molecule has 0 bridgehead atoms. The summed E-state index contributed by atoms with van der Waals surface area (Å²) in [6.07, 6.45) is 0. The second-order valence-electron chi connectivity index (χ2n) is 12.8. The summed E-state index contributed by atoms with van der Waals surface area (Å²) in [4.78, 5) is 53.4. The molecule has 0 aliphatic heterocycles. The Labute approximate surface area is 323 Å². The number of esters is 4. The Morgan fingerprint density at radius 3 is 0.893 bits per heavy atom. The highest BCUT2D eigenvalue weighted by Crippen LogP contribution is 2.45. The van der Waals surface area contributed by atoms with Gasteiger partial charge in [0.25, 0.3) is 0 Å². The van der Waals surface area contributed by atoms with Crippen molar-refractivity contribution in [1.82, 2.24) is 0 Å². The number of rotatable bonds is 11. The molecule has 0 aliphatic rings. The van der Waals surface area contributed by atoms with E-state index >= 15 is 0 Å². The molecule has 274 valence electrons. The number of carbonyl (C=O) groups is 4. The van der Waals surface area contributed by atoms with E-state index in [9.17, 15) is 19.2 Å². The lowest BCUT2D eigenvalue weighted by Gasteiger charge is -2.33. The van der Waals surface area contributed by atoms with Crippen molar-refractivity contribution in [2.45, 2.75) is 12.3 Å². The lowest BCUT2D eigenvalue weighted by atomic mass is 9.71. The lowest BCUT2D eigenvalue weighted by molar-refractivity contribution is 0.0682. The maximum absolute atomic E-state index is 13.5. The molecule has 7 aromatic carbocycles. The van der Waals surface area contributed by atoms with Crippen molar-refractivity contribution < 1.29 is 38.1 Å². The second-order valence-corrected chi connectivity index (χ2v) is 12.8. The Bertz CT molecular complexity index is 2330. The standard InChI is InChI=1S/C48H34O8/c1-48(37-25-15-6-16-26-37,38-27-29-40(53-44(49)33-17-7-2-8-18-33)42(31-38)55-46(51)35-21-11-4-12-22-35)39-28-30-41(54-45(50)34-19-9-3-10-20-34)43(32-39)56-47(52)36-23-13-5-14-24-36/h2-32H,1H3. The smallest absolute Gasteiger partial charge is 0.343 e. The monoisotopic (exact) mass is 738 g/mol. The van der Waals surface area contributed by atoms with E-state index in [1.54, 1.807) is 158 Å². The minimum atomic E-state index is -1.02. The number of hydrogen-bond donors (Lipinski definition) is 0. The van der Waals surface area contributed by atoms with Crippen LogP contribution in [0.3, 0.4) is 0 Å². The summed E-state index contributed by atoms with van der Waals surface area (Å²) in [5.74, 6) is -2.50. The summed E-state index contributed by atoms with van der Waals surface area (Å²) in [7, 11) is 0. The Morgan fingerprint density at radius 2 is 0.589 bits per heavy atom. The molecule has 0 N–H and O–H groups in total. The van der Waals surface area contributed by atoms with Crippen LogP contribution in [0.1, 0.15) is 65.0 Å². The molecule has 0 aliphatic carbocycles. The molecule has 0 atom stereocenters. The van der Waals surface area contributed by atoms with Crippen molar-refractivity contribution in [3.63, 3.8) is 0 Å². The van der Waals surface area contributed by atoms with Crippen molar-refractivity contribution in [2.75, 3.05) is 0 Å². The van der Waals surface area contributed by atoms with Crippen LogP contribution in [-0.2, 0) is 5.41 Å². The third-order valence-corrected chi connectivity index (χ3v) is 9.24. The zero-order valence-corrected chi connectivity index (χ0v) is 30.2. The minimum absolute atomic E-state index is 0.00642. The summed E-state index contributed by atoms with van der Waals surface area (Å²) >= 11 is 0. The van der Waals surface area contributed by atoms with Crippen LogP contribution >= 0.6 is 0 Å². The molecule has 7 aromatic rings. The van der Waals surface area contributed by atoms with Crippen molar-refractivity contribution >= 4 is 23.9 Å². The molecule has 0 unspecified atom stereocenters. The largest absolute Gasteiger partial charge is 0.419 e. The van der Waals surface area contributed by atoms with Crippen molar-refractivity contribution in [3.05, 3.63) is 227 Å². The maximum Gasteiger partial charge on any atom is 0.343 e. The fraction of sp³-hybridized carbons (Fsp3) is 0.0417. The summed E-state index contributed by atoms with van der Waals surface area (Å²) in [6, 6.07) is 53.5. The fourth-order valence-electron chi connectivity index (χ4n) is 6.17. The van der Waals surface area contributed by atoms with Crippen LogP contribution in [0.25, 0.3) is 0 Å². The average Bonchev–Trinajstić information content (AvgIpc) is 3.26. The topological polar surface area (TPSA) is 105 Å². The van der Waals surface area contributed by atoms with Crippen LogP contribution in [0, 0.1) is 0 Å². The molecule has 0 radical (unpaired) electrons. The Morgan fingerprint density at radius 1 is 0.321 bits per heavy atom. The predicted molar refractivity (Wildman–Crippen MR) is 210 cm³/mol. The summed E-state index contributed by atoms with van der Waals surface area (Å²) in [5.41, 5.74) is 2.30. The molecule has 0 aromatic heterocycles. The van der Waals surface area contributed by atoms with Crippen molar-refractivity contribution in [2.24, 2.45) is 0 Å². The molecule has 8 nitrogen and oxygen atoms in total. The summed E-state index contributed by atoms with van der Waals surface area (Å²) in [5, 5.41) is 0. The second kappa shape index (κ2) is 16.6. The van der Waals surface area contributed by atoms with Gasteiger partial charge in [0.2, 0.25) is 0 Å². The van der Waals surface area contributed by atoms with E-state index in [4.69, 9.17) is 18.9 Å². The normalized spacial score (nSPS) is 10.9. The van der Waals surface area contributed by atoms with Gasteiger partial charge in [0.15, 0.2) is 23.0 Å². The van der Waals surface area contributed by atoms with E-state index in [0.717, 1.165) is 5.56 Å². The Hall–Kier alpha value is -7.58. The molecule has 0 amide bonds. The highest BCUT2D eigenvalue weighted by Gasteiger charge is 2.34. The first-order valence-electron chi connectivity index (χ1n) is 17.7. The quantitative estimate of drug-likeness (QED) is 0.0734. The van der Waals surface area contributed by atoms with Gasteiger partial charge in [-0.3, -0.25) is 0 Å². The zero-order chi connectivity index (χ0) is 38.9. The first-order chi connectivity index (χ1) is 27.3. The first kappa shape index (κ1) is 36.8. The van der Waals surface area contributed by atoms with E-state index in [-0.39, 0.29) is 23.0 Å². The van der Waals surface area contributed by atoms with Crippen molar-refractivity contribution in [1.29, 1.82) is 0 Å².